The third-order valence-corrected chi connectivity index (χ3v) is 4.81. The third kappa shape index (κ3) is 4.39. The van der Waals surface area contributed by atoms with E-state index in [0.717, 1.165) is 0 Å². The standard InChI is InChI=1S/C15H17ClN2O4S/c1-9(15(21)22)6-17-13(19)12-7-23-8-18(12)14(20)10-2-4-11(16)5-3-10/h2-5,9,12H,6-8H2,1H3,(H,17,19)(H,21,22). The summed E-state index contributed by atoms with van der Waals surface area (Å²) in [6.07, 6.45) is 0. The number of carbonyl (C=O) groups excluding carboxylic acids is 2. The molecule has 6 nitrogen and oxygen atoms in total. The molecule has 2 N–H and O–H groups in total. The number of benzene rings is 1. The van der Waals surface area contributed by atoms with Gasteiger partial charge in [0.1, 0.15) is 6.04 Å². The molecule has 1 saturated heterocycles. The van der Waals surface area contributed by atoms with Gasteiger partial charge in [-0.25, -0.2) is 0 Å². The minimum atomic E-state index is -0.972. The first-order valence-electron chi connectivity index (χ1n) is 7.05. The highest BCUT2D eigenvalue weighted by Crippen LogP contribution is 2.24. The second kappa shape index (κ2) is 7.70. The van der Waals surface area contributed by atoms with Crippen molar-refractivity contribution in [2.24, 2.45) is 5.92 Å². The van der Waals surface area contributed by atoms with Crippen molar-refractivity contribution in [3.8, 4) is 0 Å². The fraction of sp³-hybridized carbons (Fsp3) is 0.400. The lowest BCUT2D eigenvalue weighted by molar-refractivity contribution is -0.141. The fourth-order valence-electron chi connectivity index (χ4n) is 2.08. The molecule has 2 rings (SSSR count). The monoisotopic (exact) mass is 356 g/mol. The first-order valence-corrected chi connectivity index (χ1v) is 8.58. The molecule has 8 heteroatoms. The molecule has 0 radical (unpaired) electrons. The molecular weight excluding hydrogens is 340 g/mol. The Kier molecular flexibility index (Phi) is 5.90. The molecule has 23 heavy (non-hydrogen) atoms. The van der Waals surface area contributed by atoms with Crippen molar-refractivity contribution in [1.29, 1.82) is 0 Å². The van der Waals surface area contributed by atoms with E-state index in [-0.39, 0.29) is 18.4 Å². The van der Waals surface area contributed by atoms with Crippen LogP contribution in [-0.2, 0) is 9.59 Å². The number of hydrogen-bond acceptors (Lipinski definition) is 4. The summed E-state index contributed by atoms with van der Waals surface area (Å²) in [7, 11) is 0. The summed E-state index contributed by atoms with van der Waals surface area (Å²) in [5.74, 6) is -1.29. The molecular formula is C15H17ClN2O4S. The van der Waals surface area contributed by atoms with Gasteiger partial charge in [-0.15, -0.1) is 11.8 Å². The highest BCUT2D eigenvalue weighted by molar-refractivity contribution is 7.99. The van der Waals surface area contributed by atoms with Crippen LogP contribution < -0.4 is 5.32 Å². The number of carbonyl (C=O) groups is 3. The van der Waals surface area contributed by atoms with Crippen LogP contribution >= 0.6 is 23.4 Å². The maximum Gasteiger partial charge on any atom is 0.308 e. The van der Waals surface area contributed by atoms with Crippen molar-refractivity contribution in [2.75, 3.05) is 18.2 Å². The van der Waals surface area contributed by atoms with Crippen LogP contribution in [0.15, 0.2) is 24.3 Å². The third-order valence-electron chi connectivity index (χ3n) is 3.54. The molecule has 1 heterocycles. The molecule has 2 amide bonds. The van der Waals surface area contributed by atoms with Gasteiger partial charge in [-0.3, -0.25) is 14.4 Å². The van der Waals surface area contributed by atoms with Crippen molar-refractivity contribution < 1.29 is 19.5 Å². The van der Waals surface area contributed by atoms with Gasteiger partial charge in [0.15, 0.2) is 0 Å². The van der Waals surface area contributed by atoms with E-state index in [2.05, 4.69) is 5.32 Å². The number of nitrogens with zero attached hydrogens (tertiary/aromatic N) is 1. The number of aliphatic carboxylic acids is 1. The fourth-order valence-corrected chi connectivity index (χ4v) is 3.36. The van der Waals surface area contributed by atoms with Crippen LogP contribution in [0, 0.1) is 5.92 Å². The zero-order chi connectivity index (χ0) is 17.0. The Morgan fingerprint density at radius 3 is 2.65 bits per heavy atom. The van der Waals surface area contributed by atoms with E-state index in [9.17, 15) is 14.4 Å². The normalized spacial score (nSPS) is 18.5. The Balaban J connectivity index is 2.01. The van der Waals surface area contributed by atoms with Gasteiger partial charge in [0.2, 0.25) is 5.91 Å². The minimum Gasteiger partial charge on any atom is -0.481 e. The van der Waals surface area contributed by atoms with Crippen LogP contribution in [0.4, 0.5) is 0 Å². The smallest absolute Gasteiger partial charge is 0.308 e. The Morgan fingerprint density at radius 1 is 1.39 bits per heavy atom. The van der Waals surface area contributed by atoms with E-state index in [4.69, 9.17) is 16.7 Å². The van der Waals surface area contributed by atoms with Gasteiger partial charge in [0.25, 0.3) is 5.91 Å². The Hall–Kier alpha value is -1.73. The average molecular weight is 357 g/mol. The molecule has 0 bridgehead atoms. The summed E-state index contributed by atoms with van der Waals surface area (Å²) in [5, 5.41) is 12.0. The highest BCUT2D eigenvalue weighted by atomic mass is 35.5. The van der Waals surface area contributed by atoms with Crippen LogP contribution in [0.25, 0.3) is 0 Å². The van der Waals surface area contributed by atoms with E-state index >= 15 is 0 Å². The van der Waals surface area contributed by atoms with Gasteiger partial charge in [0.05, 0.1) is 11.8 Å². The van der Waals surface area contributed by atoms with Crippen molar-refractivity contribution >= 4 is 41.1 Å². The average Bonchev–Trinajstić information content (AvgIpc) is 3.01. The second-order valence-corrected chi connectivity index (χ2v) is 6.72. The van der Waals surface area contributed by atoms with Gasteiger partial charge in [-0.2, -0.15) is 0 Å². The molecule has 1 aliphatic rings. The number of halogens is 1. The van der Waals surface area contributed by atoms with Crippen molar-refractivity contribution in [1.82, 2.24) is 10.2 Å². The minimum absolute atomic E-state index is 0.0400. The molecule has 0 aliphatic carbocycles. The van der Waals surface area contributed by atoms with Crippen LogP contribution in [0.1, 0.15) is 17.3 Å². The number of nitrogens with one attached hydrogen (secondary N) is 1. The van der Waals surface area contributed by atoms with Gasteiger partial charge < -0.3 is 15.3 Å². The summed E-state index contributed by atoms with van der Waals surface area (Å²) in [6.45, 7) is 1.56. The molecule has 1 aromatic carbocycles. The number of thioether (sulfide) groups is 1. The lowest BCUT2D eigenvalue weighted by Gasteiger charge is -2.23. The Labute approximate surface area is 143 Å². The maximum atomic E-state index is 12.5. The molecule has 1 aromatic rings. The van der Waals surface area contributed by atoms with Crippen LogP contribution in [0.5, 0.6) is 0 Å². The van der Waals surface area contributed by atoms with E-state index in [1.165, 1.54) is 23.6 Å². The van der Waals surface area contributed by atoms with Gasteiger partial charge >= 0.3 is 5.97 Å². The summed E-state index contributed by atoms with van der Waals surface area (Å²) < 4.78 is 0. The van der Waals surface area contributed by atoms with Crippen molar-refractivity contribution in [3.63, 3.8) is 0 Å². The van der Waals surface area contributed by atoms with Crippen molar-refractivity contribution in [2.45, 2.75) is 13.0 Å². The molecule has 0 saturated carbocycles. The molecule has 0 aromatic heterocycles. The van der Waals surface area contributed by atoms with Crippen LogP contribution in [0.3, 0.4) is 0 Å². The van der Waals surface area contributed by atoms with E-state index in [1.54, 1.807) is 24.3 Å². The number of carboxylic acid groups (broad SMARTS) is 1. The van der Waals surface area contributed by atoms with Gasteiger partial charge in [0, 0.05) is 22.9 Å². The Bertz CT molecular complexity index is 608. The van der Waals surface area contributed by atoms with E-state index in [0.29, 0.717) is 22.2 Å². The summed E-state index contributed by atoms with van der Waals surface area (Å²) in [4.78, 5) is 37.0. The SMILES string of the molecule is CC(CNC(=O)C1CSCN1C(=O)c1ccc(Cl)cc1)C(=O)O. The number of amides is 2. The highest BCUT2D eigenvalue weighted by Gasteiger charge is 2.35. The quantitative estimate of drug-likeness (QED) is 0.838. The van der Waals surface area contributed by atoms with E-state index in [1.807, 2.05) is 0 Å². The van der Waals surface area contributed by atoms with Crippen LogP contribution in [0.2, 0.25) is 5.02 Å². The predicted molar refractivity (Wildman–Crippen MR) is 88.5 cm³/mol. The molecule has 1 aliphatic heterocycles. The second-order valence-electron chi connectivity index (χ2n) is 5.28. The lowest BCUT2D eigenvalue weighted by Crippen LogP contribution is -2.48. The number of rotatable bonds is 5. The molecule has 2 unspecified atom stereocenters. The van der Waals surface area contributed by atoms with Crippen molar-refractivity contribution in [3.05, 3.63) is 34.9 Å². The summed E-state index contributed by atoms with van der Waals surface area (Å²) in [6, 6.07) is 5.90. The largest absolute Gasteiger partial charge is 0.481 e. The number of carboxylic acids is 1. The lowest BCUT2D eigenvalue weighted by atomic mass is 10.1. The summed E-state index contributed by atoms with van der Waals surface area (Å²) >= 11 is 7.30. The van der Waals surface area contributed by atoms with Crippen LogP contribution in [-0.4, -0.2) is 52.0 Å². The molecule has 0 spiro atoms. The van der Waals surface area contributed by atoms with E-state index < -0.39 is 17.9 Å². The maximum absolute atomic E-state index is 12.5. The molecule has 2 atom stereocenters. The zero-order valence-electron chi connectivity index (χ0n) is 12.5. The van der Waals surface area contributed by atoms with Gasteiger partial charge in [-0.05, 0) is 24.3 Å². The molecule has 1 fully saturated rings. The summed E-state index contributed by atoms with van der Waals surface area (Å²) in [5.41, 5.74) is 0.466. The number of hydrogen-bond donors (Lipinski definition) is 2. The first kappa shape index (κ1) is 17.6. The van der Waals surface area contributed by atoms with Gasteiger partial charge in [-0.1, -0.05) is 18.5 Å². The predicted octanol–water partition coefficient (Wildman–Crippen LogP) is 1.69. The topological polar surface area (TPSA) is 86.7 Å². The first-order chi connectivity index (χ1) is 10.9. The zero-order valence-corrected chi connectivity index (χ0v) is 14.1. The Morgan fingerprint density at radius 2 is 2.04 bits per heavy atom. The molecule has 124 valence electrons.